The first-order chi connectivity index (χ1) is 9.04. The van der Waals surface area contributed by atoms with Gasteiger partial charge in [-0.2, -0.15) is 0 Å². The second-order valence-corrected chi connectivity index (χ2v) is 5.70. The maximum absolute atomic E-state index is 12.1. The molecule has 0 unspecified atom stereocenters. The van der Waals surface area contributed by atoms with Gasteiger partial charge in [-0.1, -0.05) is 19.8 Å². The van der Waals surface area contributed by atoms with Gasteiger partial charge in [0.15, 0.2) is 5.43 Å². The van der Waals surface area contributed by atoms with E-state index >= 15 is 0 Å². The molecule has 1 amide bonds. The average molecular weight is 262 g/mol. The Balaban J connectivity index is 1.99. The molecule has 0 atom stereocenters. The molecule has 4 heteroatoms. The van der Waals surface area contributed by atoms with Crippen LogP contribution in [-0.2, 0) is 0 Å². The van der Waals surface area contributed by atoms with Crippen molar-refractivity contribution in [2.45, 2.75) is 46.0 Å². The molecule has 1 aromatic rings. The summed E-state index contributed by atoms with van der Waals surface area (Å²) in [7, 11) is 0. The van der Waals surface area contributed by atoms with Crippen molar-refractivity contribution < 1.29 is 4.79 Å². The summed E-state index contributed by atoms with van der Waals surface area (Å²) in [6, 6.07) is 2.84. The largest absolute Gasteiger partial charge is 0.354 e. The zero-order chi connectivity index (χ0) is 13.9. The standard InChI is InChI=1S/C15H22N2O2/c1-3-5-15(6-4-7-15)10-16-14(19)13-9-12(18)8-11(2)17-13/h8-9H,3-7,10H2,1-2H3,(H,16,19)(H,17,18). The Hall–Kier alpha value is -1.58. The number of nitrogens with one attached hydrogen (secondary N) is 2. The lowest BCUT2D eigenvalue weighted by Crippen LogP contribution is -2.42. The summed E-state index contributed by atoms with van der Waals surface area (Å²) < 4.78 is 0. The predicted octanol–water partition coefficient (Wildman–Crippen LogP) is 2.38. The van der Waals surface area contributed by atoms with E-state index in [0.29, 0.717) is 16.8 Å². The minimum atomic E-state index is -0.178. The van der Waals surface area contributed by atoms with Crippen LogP contribution < -0.4 is 10.7 Å². The second kappa shape index (κ2) is 5.59. The van der Waals surface area contributed by atoms with Crippen LogP contribution in [-0.4, -0.2) is 17.4 Å². The van der Waals surface area contributed by atoms with Gasteiger partial charge in [0.05, 0.1) is 0 Å². The predicted molar refractivity (Wildman–Crippen MR) is 75.3 cm³/mol. The summed E-state index contributed by atoms with van der Waals surface area (Å²) in [6.07, 6.45) is 5.98. The molecule has 0 aliphatic heterocycles. The molecule has 2 N–H and O–H groups in total. The molecular formula is C15H22N2O2. The molecular weight excluding hydrogens is 240 g/mol. The van der Waals surface area contributed by atoms with E-state index in [0.717, 1.165) is 19.4 Å². The van der Waals surface area contributed by atoms with E-state index in [-0.39, 0.29) is 11.3 Å². The van der Waals surface area contributed by atoms with Crippen molar-refractivity contribution in [3.63, 3.8) is 0 Å². The van der Waals surface area contributed by atoms with Crippen molar-refractivity contribution >= 4 is 5.91 Å². The smallest absolute Gasteiger partial charge is 0.267 e. The van der Waals surface area contributed by atoms with Crippen LogP contribution in [0.1, 0.15) is 55.2 Å². The van der Waals surface area contributed by atoms with Gasteiger partial charge in [-0.3, -0.25) is 9.59 Å². The fourth-order valence-corrected chi connectivity index (χ4v) is 2.89. The fraction of sp³-hybridized carbons (Fsp3) is 0.600. The van der Waals surface area contributed by atoms with E-state index in [4.69, 9.17) is 0 Å². The molecule has 0 saturated heterocycles. The molecule has 4 nitrogen and oxygen atoms in total. The van der Waals surface area contributed by atoms with Crippen molar-refractivity contribution in [2.75, 3.05) is 6.54 Å². The highest BCUT2D eigenvalue weighted by Crippen LogP contribution is 2.44. The molecule has 19 heavy (non-hydrogen) atoms. The van der Waals surface area contributed by atoms with Gasteiger partial charge in [-0.15, -0.1) is 0 Å². The molecule has 0 bridgehead atoms. The zero-order valence-corrected chi connectivity index (χ0v) is 11.7. The lowest BCUT2D eigenvalue weighted by molar-refractivity contribution is 0.0828. The third kappa shape index (κ3) is 3.25. The van der Waals surface area contributed by atoms with Gasteiger partial charge in [0.2, 0.25) is 0 Å². The lowest BCUT2D eigenvalue weighted by atomic mass is 9.66. The number of aryl methyl sites for hydroxylation is 1. The summed E-state index contributed by atoms with van der Waals surface area (Å²) in [5, 5.41) is 2.97. The molecule has 1 fully saturated rings. The number of pyridine rings is 1. The van der Waals surface area contributed by atoms with Gasteiger partial charge in [0.25, 0.3) is 5.91 Å². The van der Waals surface area contributed by atoms with Crippen molar-refractivity contribution in [1.82, 2.24) is 10.3 Å². The molecule has 0 spiro atoms. The SMILES string of the molecule is CCCC1(CNC(=O)c2cc(=O)cc(C)[nH]2)CCC1. The van der Waals surface area contributed by atoms with Crippen LogP contribution in [0.5, 0.6) is 0 Å². The van der Waals surface area contributed by atoms with Crippen molar-refractivity contribution in [3.8, 4) is 0 Å². The molecule has 1 aliphatic rings. The first-order valence-electron chi connectivity index (χ1n) is 7.04. The third-order valence-corrected chi connectivity index (χ3v) is 4.04. The second-order valence-electron chi connectivity index (χ2n) is 5.70. The van der Waals surface area contributed by atoms with E-state index in [9.17, 15) is 9.59 Å². The Morgan fingerprint density at radius 1 is 1.42 bits per heavy atom. The van der Waals surface area contributed by atoms with E-state index in [1.807, 2.05) is 0 Å². The normalized spacial score (nSPS) is 16.7. The van der Waals surface area contributed by atoms with Crippen LogP contribution in [0, 0.1) is 12.3 Å². The summed E-state index contributed by atoms with van der Waals surface area (Å²) in [5.74, 6) is -0.178. The van der Waals surface area contributed by atoms with Crippen molar-refractivity contribution in [1.29, 1.82) is 0 Å². The van der Waals surface area contributed by atoms with Gasteiger partial charge >= 0.3 is 0 Å². The Morgan fingerprint density at radius 2 is 2.16 bits per heavy atom. The number of aromatic nitrogens is 1. The fourth-order valence-electron chi connectivity index (χ4n) is 2.89. The maximum atomic E-state index is 12.1. The Bertz CT molecular complexity index is 515. The van der Waals surface area contributed by atoms with Crippen LogP contribution in [0.2, 0.25) is 0 Å². The molecule has 0 aromatic carbocycles. The zero-order valence-electron chi connectivity index (χ0n) is 11.7. The lowest BCUT2D eigenvalue weighted by Gasteiger charge is -2.42. The van der Waals surface area contributed by atoms with E-state index in [1.165, 1.54) is 31.4 Å². The van der Waals surface area contributed by atoms with Crippen LogP contribution in [0.25, 0.3) is 0 Å². The van der Waals surface area contributed by atoms with Crippen molar-refractivity contribution in [3.05, 3.63) is 33.7 Å². The first-order valence-corrected chi connectivity index (χ1v) is 7.04. The monoisotopic (exact) mass is 262 g/mol. The third-order valence-electron chi connectivity index (χ3n) is 4.04. The number of aromatic amines is 1. The molecule has 1 saturated carbocycles. The quantitative estimate of drug-likeness (QED) is 0.855. The van der Waals surface area contributed by atoms with E-state index < -0.39 is 0 Å². The maximum Gasteiger partial charge on any atom is 0.267 e. The van der Waals surface area contributed by atoms with Gasteiger partial charge in [0, 0.05) is 24.4 Å². The highest BCUT2D eigenvalue weighted by molar-refractivity contribution is 5.92. The first kappa shape index (κ1) is 13.8. The number of carbonyl (C=O) groups excluding carboxylic acids is 1. The highest BCUT2D eigenvalue weighted by atomic mass is 16.2. The minimum Gasteiger partial charge on any atom is -0.354 e. The van der Waals surface area contributed by atoms with Crippen LogP contribution >= 0.6 is 0 Å². The Morgan fingerprint density at radius 3 is 2.68 bits per heavy atom. The summed E-state index contributed by atoms with van der Waals surface area (Å²) >= 11 is 0. The van der Waals surface area contributed by atoms with Crippen LogP contribution in [0.3, 0.4) is 0 Å². The van der Waals surface area contributed by atoms with Gasteiger partial charge in [0.1, 0.15) is 5.69 Å². The van der Waals surface area contributed by atoms with Crippen LogP contribution in [0.4, 0.5) is 0 Å². The van der Waals surface area contributed by atoms with Crippen LogP contribution in [0.15, 0.2) is 16.9 Å². The summed E-state index contributed by atoms with van der Waals surface area (Å²) in [4.78, 5) is 26.4. The van der Waals surface area contributed by atoms with Gasteiger partial charge < -0.3 is 10.3 Å². The minimum absolute atomic E-state index is 0.131. The molecule has 1 heterocycles. The number of hydrogen-bond acceptors (Lipinski definition) is 2. The Labute approximate surface area is 113 Å². The molecule has 104 valence electrons. The number of hydrogen-bond donors (Lipinski definition) is 2. The summed E-state index contributed by atoms with van der Waals surface area (Å²) in [5.41, 5.74) is 1.24. The topological polar surface area (TPSA) is 62.0 Å². The Kier molecular flexibility index (Phi) is 4.08. The number of rotatable bonds is 5. The molecule has 1 aliphatic carbocycles. The molecule has 1 aromatic heterocycles. The van der Waals surface area contributed by atoms with Gasteiger partial charge in [-0.25, -0.2) is 0 Å². The van der Waals surface area contributed by atoms with Gasteiger partial charge in [-0.05, 0) is 31.6 Å². The van der Waals surface area contributed by atoms with E-state index in [2.05, 4.69) is 17.2 Å². The number of amides is 1. The molecule has 2 rings (SSSR count). The van der Waals surface area contributed by atoms with Crippen molar-refractivity contribution in [2.24, 2.45) is 5.41 Å². The number of carbonyl (C=O) groups is 1. The average Bonchev–Trinajstić information content (AvgIpc) is 2.30. The van der Waals surface area contributed by atoms with E-state index in [1.54, 1.807) is 6.92 Å². The number of H-pyrrole nitrogens is 1. The highest BCUT2D eigenvalue weighted by Gasteiger charge is 2.36. The molecule has 0 radical (unpaired) electrons. The summed E-state index contributed by atoms with van der Waals surface area (Å²) in [6.45, 7) is 4.68.